The molecule has 0 aliphatic heterocycles. The van der Waals surface area contributed by atoms with Crippen LogP contribution < -0.4 is 4.74 Å². The molecule has 0 amide bonds. The maximum atomic E-state index is 12.5. The highest BCUT2D eigenvalue weighted by Crippen LogP contribution is 2.29. The number of rotatable bonds is 7. The molecule has 2 heterocycles. The van der Waals surface area contributed by atoms with Crippen molar-refractivity contribution in [2.75, 3.05) is 12.9 Å². The van der Waals surface area contributed by atoms with Gasteiger partial charge >= 0.3 is 12.1 Å². The third-order valence-electron chi connectivity index (χ3n) is 3.64. The third kappa shape index (κ3) is 4.89. The van der Waals surface area contributed by atoms with E-state index in [4.69, 9.17) is 4.74 Å². The maximum absolute atomic E-state index is 12.5. The Balaban J connectivity index is 1.56. The Labute approximate surface area is 162 Å². The molecule has 6 nitrogen and oxygen atoms in total. The van der Waals surface area contributed by atoms with E-state index in [0.717, 1.165) is 11.3 Å². The van der Waals surface area contributed by atoms with Crippen molar-refractivity contribution in [3.05, 3.63) is 59.7 Å². The summed E-state index contributed by atoms with van der Waals surface area (Å²) in [4.78, 5) is 19.5. The Hall–Kier alpha value is -2.88. The molecule has 3 aromatic rings. The lowest BCUT2D eigenvalue weighted by atomic mass is 10.2. The van der Waals surface area contributed by atoms with E-state index in [1.165, 1.54) is 30.1 Å². The second-order valence-electron chi connectivity index (χ2n) is 5.62. The van der Waals surface area contributed by atoms with Crippen LogP contribution in [0.5, 0.6) is 5.75 Å². The average molecular weight is 409 g/mol. The van der Waals surface area contributed by atoms with Gasteiger partial charge in [0.05, 0.1) is 12.9 Å². The predicted molar refractivity (Wildman–Crippen MR) is 96.0 cm³/mol. The molecule has 1 aromatic carbocycles. The van der Waals surface area contributed by atoms with E-state index in [0.29, 0.717) is 5.75 Å². The Morgan fingerprint density at radius 2 is 1.93 bits per heavy atom. The van der Waals surface area contributed by atoms with Gasteiger partial charge in [0.1, 0.15) is 11.4 Å². The third-order valence-corrected chi connectivity index (χ3v) is 4.64. The number of halogens is 3. The molecule has 0 N–H and O–H groups in total. The van der Waals surface area contributed by atoms with Crippen molar-refractivity contribution in [1.29, 1.82) is 0 Å². The zero-order valence-corrected chi connectivity index (χ0v) is 15.4. The minimum absolute atomic E-state index is 0.186. The summed E-state index contributed by atoms with van der Waals surface area (Å²) >= 11 is 1.43. The quantitative estimate of drug-likeness (QED) is 0.539. The van der Waals surface area contributed by atoms with Gasteiger partial charge in [-0.3, -0.25) is 9.78 Å². The number of thioether (sulfide) groups is 1. The van der Waals surface area contributed by atoms with Crippen molar-refractivity contribution in [2.45, 2.75) is 11.9 Å². The van der Waals surface area contributed by atoms with Crippen LogP contribution in [0.2, 0.25) is 0 Å². The number of aromatic nitrogens is 3. The van der Waals surface area contributed by atoms with E-state index in [1.54, 1.807) is 7.11 Å². The second kappa shape index (κ2) is 8.42. The fourth-order valence-corrected chi connectivity index (χ4v) is 3.07. The van der Waals surface area contributed by atoms with Crippen LogP contribution in [-0.2, 0) is 11.9 Å². The van der Waals surface area contributed by atoms with Crippen molar-refractivity contribution >= 4 is 17.5 Å². The van der Waals surface area contributed by atoms with Gasteiger partial charge in [-0.1, -0.05) is 17.3 Å². The number of carbonyl (C=O) groups is 1. The minimum atomic E-state index is -4.71. The van der Waals surface area contributed by atoms with Crippen LogP contribution in [-0.4, -0.2) is 33.8 Å². The van der Waals surface area contributed by atoms with Crippen LogP contribution in [0.25, 0.3) is 11.4 Å². The van der Waals surface area contributed by atoms with Gasteiger partial charge in [-0.05, 0) is 29.8 Å². The second-order valence-corrected chi connectivity index (χ2v) is 6.60. The number of benzene rings is 1. The number of alkyl halides is 3. The summed E-state index contributed by atoms with van der Waals surface area (Å²) in [5.74, 6) is -0.229. The standard InChI is InChI=1S/C18H14F3N3O3S/c1-26-13-5-2-11(3-6-13)9-28-10-15(25)14-7-4-12(8-22-14)16-23-17(27-24-16)18(19,20)21/h2-8H,9-10H2,1H3. The number of pyridine rings is 1. The Morgan fingerprint density at radius 1 is 1.18 bits per heavy atom. The van der Waals surface area contributed by atoms with Crippen molar-refractivity contribution in [1.82, 2.24) is 15.1 Å². The van der Waals surface area contributed by atoms with Gasteiger partial charge in [0.25, 0.3) is 0 Å². The molecule has 0 saturated carbocycles. The molecule has 3 rings (SSSR count). The lowest BCUT2D eigenvalue weighted by Gasteiger charge is -2.04. The highest BCUT2D eigenvalue weighted by atomic mass is 32.2. The molecule has 0 bridgehead atoms. The maximum Gasteiger partial charge on any atom is 0.471 e. The van der Waals surface area contributed by atoms with Crippen LogP contribution in [0, 0.1) is 0 Å². The molecule has 0 spiro atoms. The summed E-state index contributed by atoms with van der Waals surface area (Å²) in [5, 5.41) is 3.28. The smallest absolute Gasteiger partial charge is 0.471 e. The summed E-state index contributed by atoms with van der Waals surface area (Å²) in [6.45, 7) is 0. The van der Waals surface area contributed by atoms with Crippen LogP contribution in [0.3, 0.4) is 0 Å². The number of Topliss-reactive ketones (excluding diaryl/α,β-unsaturated/α-hetero) is 1. The zero-order chi connectivity index (χ0) is 20.1. The molecule has 0 aliphatic rings. The van der Waals surface area contributed by atoms with E-state index < -0.39 is 12.1 Å². The molecule has 10 heteroatoms. The number of hydrogen-bond donors (Lipinski definition) is 0. The molecular formula is C18H14F3N3O3S. The molecule has 28 heavy (non-hydrogen) atoms. The van der Waals surface area contributed by atoms with Gasteiger partial charge in [0.15, 0.2) is 5.78 Å². The Bertz CT molecular complexity index is 941. The number of nitrogens with zero attached hydrogens (tertiary/aromatic N) is 3. The van der Waals surface area contributed by atoms with E-state index in [1.807, 2.05) is 24.3 Å². The number of ketones is 1. The lowest BCUT2D eigenvalue weighted by molar-refractivity contribution is -0.159. The monoisotopic (exact) mass is 409 g/mol. The van der Waals surface area contributed by atoms with E-state index in [2.05, 4.69) is 19.6 Å². The summed E-state index contributed by atoms with van der Waals surface area (Å²) in [7, 11) is 1.59. The molecule has 0 atom stereocenters. The minimum Gasteiger partial charge on any atom is -0.497 e. The Morgan fingerprint density at radius 3 is 2.50 bits per heavy atom. The van der Waals surface area contributed by atoms with Crippen LogP contribution >= 0.6 is 11.8 Å². The topological polar surface area (TPSA) is 78.1 Å². The summed E-state index contributed by atoms with van der Waals surface area (Å²) < 4.78 is 46.8. The van der Waals surface area contributed by atoms with Gasteiger partial charge in [-0.15, -0.1) is 11.8 Å². The number of ether oxygens (including phenoxy) is 1. The SMILES string of the molecule is COc1ccc(CSCC(=O)c2ccc(-c3noc(C(F)(F)F)n3)cn2)cc1. The molecule has 0 unspecified atom stereocenters. The van der Waals surface area contributed by atoms with Crippen LogP contribution in [0.15, 0.2) is 47.1 Å². The Kier molecular flexibility index (Phi) is 5.98. The first-order chi connectivity index (χ1) is 13.4. The highest BCUT2D eigenvalue weighted by Gasteiger charge is 2.38. The van der Waals surface area contributed by atoms with Gasteiger partial charge in [0, 0.05) is 17.5 Å². The molecule has 0 aliphatic carbocycles. The highest BCUT2D eigenvalue weighted by molar-refractivity contribution is 7.99. The molecule has 146 valence electrons. The van der Waals surface area contributed by atoms with Gasteiger partial charge in [-0.2, -0.15) is 18.2 Å². The number of carbonyl (C=O) groups excluding carboxylic acids is 1. The molecule has 2 aromatic heterocycles. The molecule has 0 radical (unpaired) electrons. The van der Waals surface area contributed by atoms with E-state index in [-0.39, 0.29) is 28.6 Å². The first kappa shape index (κ1) is 19.9. The van der Waals surface area contributed by atoms with Crippen molar-refractivity contribution in [3.8, 4) is 17.1 Å². The van der Waals surface area contributed by atoms with Crippen molar-refractivity contribution < 1.29 is 27.2 Å². The van der Waals surface area contributed by atoms with Crippen LogP contribution in [0.1, 0.15) is 21.9 Å². The first-order valence-corrected chi connectivity index (χ1v) is 9.13. The normalized spacial score (nSPS) is 11.4. The fraction of sp³-hybridized carbons (Fsp3) is 0.222. The first-order valence-electron chi connectivity index (χ1n) is 7.98. The van der Waals surface area contributed by atoms with Crippen LogP contribution in [0.4, 0.5) is 13.2 Å². The number of methoxy groups -OCH3 is 1. The zero-order valence-electron chi connectivity index (χ0n) is 14.6. The van der Waals surface area contributed by atoms with E-state index >= 15 is 0 Å². The van der Waals surface area contributed by atoms with Gasteiger partial charge < -0.3 is 9.26 Å². The number of hydrogen-bond acceptors (Lipinski definition) is 7. The van der Waals surface area contributed by atoms with Gasteiger partial charge in [-0.25, -0.2) is 0 Å². The summed E-state index contributed by atoms with van der Waals surface area (Å²) in [6.07, 6.45) is -3.47. The largest absolute Gasteiger partial charge is 0.497 e. The predicted octanol–water partition coefficient (Wildman–Crippen LogP) is 4.28. The molecule has 0 fully saturated rings. The van der Waals surface area contributed by atoms with Crippen molar-refractivity contribution in [3.63, 3.8) is 0 Å². The fourth-order valence-electron chi connectivity index (χ4n) is 2.20. The summed E-state index contributed by atoms with van der Waals surface area (Å²) in [6, 6.07) is 10.4. The molecule has 0 saturated heterocycles. The van der Waals surface area contributed by atoms with Gasteiger partial charge in [0.2, 0.25) is 5.82 Å². The molecular weight excluding hydrogens is 395 g/mol. The average Bonchev–Trinajstić information content (AvgIpc) is 3.19. The van der Waals surface area contributed by atoms with E-state index in [9.17, 15) is 18.0 Å². The lowest BCUT2D eigenvalue weighted by Crippen LogP contribution is -2.06. The van der Waals surface area contributed by atoms with Crippen molar-refractivity contribution in [2.24, 2.45) is 0 Å². The summed E-state index contributed by atoms with van der Waals surface area (Å²) in [5.41, 5.74) is 1.49.